The Balaban J connectivity index is 1.61. The van der Waals surface area contributed by atoms with Crippen molar-refractivity contribution in [3.05, 3.63) is 74.1 Å². The average molecular weight is 502 g/mol. The molecule has 0 saturated heterocycles. The first-order valence-corrected chi connectivity index (χ1v) is 12.2. The Morgan fingerprint density at radius 3 is 2.77 bits per heavy atom. The van der Waals surface area contributed by atoms with E-state index in [1.807, 2.05) is 56.3 Å². The third kappa shape index (κ3) is 4.50. The van der Waals surface area contributed by atoms with Gasteiger partial charge in [-0.1, -0.05) is 39.8 Å². The Morgan fingerprint density at radius 1 is 1.23 bits per heavy atom. The van der Waals surface area contributed by atoms with Crippen LogP contribution in [0.1, 0.15) is 16.8 Å². The van der Waals surface area contributed by atoms with Gasteiger partial charge in [0.1, 0.15) is 0 Å². The molecule has 154 valence electrons. The van der Waals surface area contributed by atoms with Gasteiger partial charge in [-0.2, -0.15) is 0 Å². The number of benzene rings is 2. The second-order valence-electron chi connectivity index (χ2n) is 7.04. The molecule has 4 rings (SSSR count). The highest BCUT2D eigenvalue weighted by Crippen LogP contribution is 2.30. The molecule has 0 saturated carbocycles. The van der Waals surface area contributed by atoms with Crippen molar-refractivity contribution in [2.45, 2.75) is 30.3 Å². The second-order valence-corrected chi connectivity index (χ2v) is 10.0. The first kappa shape index (κ1) is 21.2. The fourth-order valence-electron chi connectivity index (χ4n) is 3.19. The molecule has 5 nitrogen and oxygen atoms in total. The summed E-state index contributed by atoms with van der Waals surface area (Å²) >= 11 is 6.26. The van der Waals surface area contributed by atoms with E-state index in [9.17, 15) is 9.59 Å². The average Bonchev–Trinajstić information content (AvgIpc) is 3.19. The van der Waals surface area contributed by atoms with Crippen LogP contribution in [-0.4, -0.2) is 27.0 Å². The molecular weight excluding hydrogens is 482 g/mol. The summed E-state index contributed by atoms with van der Waals surface area (Å²) in [6.45, 7) is 3.96. The molecule has 1 aromatic heterocycles. The van der Waals surface area contributed by atoms with Gasteiger partial charge >= 0.3 is 0 Å². The quantitative estimate of drug-likeness (QED) is 0.394. The Morgan fingerprint density at radius 2 is 2.00 bits per heavy atom. The van der Waals surface area contributed by atoms with Crippen LogP contribution in [0.3, 0.4) is 0 Å². The first-order valence-electron chi connectivity index (χ1n) is 9.47. The van der Waals surface area contributed by atoms with Crippen LogP contribution in [0.15, 0.2) is 61.8 Å². The van der Waals surface area contributed by atoms with E-state index in [2.05, 4.69) is 21.2 Å². The fraction of sp³-hybridized carbons (Fsp3) is 0.227. The summed E-state index contributed by atoms with van der Waals surface area (Å²) in [5.74, 6) is 0.904. The lowest BCUT2D eigenvalue weighted by Crippen LogP contribution is -2.24. The number of fused-ring (bicyclic) bond motifs is 1. The Hall–Kier alpha value is -2.03. The molecule has 3 aromatic rings. The molecule has 30 heavy (non-hydrogen) atoms. The molecule has 0 bridgehead atoms. The van der Waals surface area contributed by atoms with Crippen molar-refractivity contribution in [3.63, 3.8) is 0 Å². The predicted octanol–water partition coefficient (Wildman–Crippen LogP) is 4.99. The van der Waals surface area contributed by atoms with E-state index >= 15 is 0 Å². The number of hydrogen-bond acceptors (Lipinski definition) is 5. The molecule has 2 aromatic carbocycles. The zero-order valence-corrected chi connectivity index (χ0v) is 19.8. The molecule has 8 heteroatoms. The Labute approximate surface area is 191 Å². The van der Waals surface area contributed by atoms with Crippen molar-refractivity contribution in [2.24, 2.45) is 0 Å². The molecule has 0 radical (unpaired) electrons. The van der Waals surface area contributed by atoms with Crippen LogP contribution < -0.4 is 10.9 Å². The highest BCUT2D eigenvalue weighted by Gasteiger charge is 2.23. The maximum absolute atomic E-state index is 13.2. The lowest BCUT2D eigenvalue weighted by molar-refractivity contribution is -0.113. The van der Waals surface area contributed by atoms with Crippen LogP contribution in [0.25, 0.3) is 5.69 Å². The summed E-state index contributed by atoms with van der Waals surface area (Å²) in [6, 6.07) is 13.5. The normalized spacial score (nSPS) is 12.6. The minimum absolute atomic E-state index is 0.0674. The summed E-state index contributed by atoms with van der Waals surface area (Å²) in [6.07, 6.45) is 0.776. The van der Waals surface area contributed by atoms with Gasteiger partial charge in [-0.05, 0) is 55.3 Å². The van der Waals surface area contributed by atoms with E-state index in [1.165, 1.54) is 11.8 Å². The van der Waals surface area contributed by atoms with Gasteiger partial charge in [0.15, 0.2) is 5.16 Å². The monoisotopic (exact) mass is 501 g/mol. The number of nitrogens with one attached hydrogen (secondary N) is 1. The third-order valence-corrected chi connectivity index (χ3v) is 7.33. The number of carbonyl (C=O) groups is 1. The molecule has 0 atom stereocenters. The topological polar surface area (TPSA) is 64.0 Å². The van der Waals surface area contributed by atoms with Gasteiger partial charge in [-0.25, -0.2) is 4.98 Å². The van der Waals surface area contributed by atoms with Gasteiger partial charge in [-0.3, -0.25) is 14.2 Å². The molecular formula is C22H20BrN3O2S2. The summed E-state index contributed by atoms with van der Waals surface area (Å²) in [5.41, 5.74) is 4.41. The fourth-order valence-corrected chi connectivity index (χ4v) is 5.31. The van der Waals surface area contributed by atoms with Gasteiger partial charge in [0.25, 0.3) is 5.56 Å². The van der Waals surface area contributed by atoms with E-state index in [-0.39, 0.29) is 17.2 Å². The number of rotatable bonds is 5. The summed E-state index contributed by atoms with van der Waals surface area (Å²) in [4.78, 5) is 31.2. The Kier molecular flexibility index (Phi) is 6.36. The predicted molar refractivity (Wildman–Crippen MR) is 127 cm³/mol. The Bertz CT molecular complexity index is 1180. The molecule has 0 unspecified atom stereocenters. The maximum Gasteiger partial charge on any atom is 0.272 e. The maximum atomic E-state index is 13.2. The first-order chi connectivity index (χ1) is 14.4. The molecule has 0 fully saturated rings. The lowest BCUT2D eigenvalue weighted by Gasteiger charge is -2.14. The van der Waals surface area contributed by atoms with E-state index in [4.69, 9.17) is 4.98 Å². The number of carbonyl (C=O) groups excluding carboxylic acids is 1. The molecule has 0 aliphatic carbocycles. The SMILES string of the molecule is Cc1ccc(C)c(NC(=O)CSc2nc3c(c(=O)n2-c2ccc(Br)cc2)SCC3)c1. The largest absolute Gasteiger partial charge is 0.325 e. The molecule has 1 aliphatic heterocycles. The summed E-state index contributed by atoms with van der Waals surface area (Å²) < 4.78 is 2.55. The number of nitrogens with zero attached hydrogens (tertiary/aromatic N) is 2. The van der Waals surface area contributed by atoms with Crippen LogP contribution in [0.4, 0.5) is 5.69 Å². The number of anilines is 1. The van der Waals surface area contributed by atoms with Crippen LogP contribution in [0.2, 0.25) is 0 Å². The molecule has 2 heterocycles. The van der Waals surface area contributed by atoms with Crippen LogP contribution >= 0.6 is 39.5 Å². The number of aryl methyl sites for hydroxylation is 3. The van der Waals surface area contributed by atoms with E-state index < -0.39 is 0 Å². The van der Waals surface area contributed by atoms with Gasteiger partial charge < -0.3 is 5.32 Å². The molecule has 1 N–H and O–H groups in total. The second kappa shape index (κ2) is 8.99. The number of aromatic nitrogens is 2. The van der Waals surface area contributed by atoms with E-state index in [1.54, 1.807) is 16.3 Å². The van der Waals surface area contributed by atoms with Gasteiger partial charge in [0, 0.05) is 22.3 Å². The van der Waals surface area contributed by atoms with Crippen LogP contribution in [0, 0.1) is 13.8 Å². The number of hydrogen-bond donors (Lipinski definition) is 1. The van der Waals surface area contributed by atoms with E-state index in [0.717, 1.165) is 44.8 Å². The number of halogens is 1. The summed E-state index contributed by atoms with van der Waals surface area (Å²) in [5, 5.41) is 3.51. The zero-order valence-electron chi connectivity index (χ0n) is 16.6. The van der Waals surface area contributed by atoms with Crippen molar-refractivity contribution in [1.82, 2.24) is 9.55 Å². The van der Waals surface area contributed by atoms with Crippen molar-refractivity contribution in [1.29, 1.82) is 0 Å². The highest BCUT2D eigenvalue weighted by molar-refractivity contribution is 9.10. The van der Waals surface area contributed by atoms with Crippen LogP contribution in [0.5, 0.6) is 0 Å². The molecule has 1 aliphatic rings. The molecule has 1 amide bonds. The number of amides is 1. The van der Waals surface area contributed by atoms with Crippen molar-refractivity contribution in [3.8, 4) is 5.69 Å². The summed E-state index contributed by atoms with van der Waals surface area (Å²) in [7, 11) is 0. The molecule has 0 spiro atoms. The van der Waals surface area contributed by atoms with Crippen molar-refractivity contribution in [2.75, 3.05) is 16.8 Å². The van der Waals surface area contributed by atoms with E-state index in [0.29, 0.717) is 10.1 Å². The van der Waals surface area contributed by atoms with Gasteiger partial charge in [0.05, 0.1) is 22.0 Å². The standard InChI is InChI=1S/C22H20BrN3O2S2/c1-13-3-4-14(2)18(11-13)24-19(27)12-30-22-25-17-9-10-29-20(17)21(28)26(22)16-7-5-15(23)6-8-16/h3-8,11H,9-10,12H2,1-2H3,(H,24,27). The van der Waals surface area contributed by atoms with Crippen LogP contribution in [-0.2, 0) is 11.2 Å². The highest BCUT2D eigenvalue weighted by atomic mass is 79.9. The third-order valence-electron chi connectivity index (χ3n) is 4.75. The lowest BCUT2D eigenvalue weighted by atomic mass is 10.1. The van der Waals surface area contributed by atoms with Gasteiger partial charge in [0.2, 0.25) is 5.91 Å². The minimum atomic E-state index is -0.125. The zero-order chi connectivity index (χ0) is 21.3. The van der Waals surface area contributed by atoms with Crippen molar-refractivity contribution >= 4 is 51.0 Å². The van der Waals surface area contributed by atoms with Crippen molar-refractivity contribution < 1.29 is 4.79 Å². The smallest absolute Gasteiger partial charge is 0.272 e. The van der Waals surface area contributed by atoms with Gasteiger partial charge in [-0.15, -0.1) is 11.8 Å². The number of thioether (sulfide) groups is 2. The minimum Gasteiger partial charge on any atom is -0.325 e.